The van der Waals surface area contributed by atoms with Crippen molar-refractivity contribution in [2.45, 2.75) is 4.90 Å². The highest BCUT2D eigenvalue weighted by Gasteiger charge is 2.26. The van der Waals surface area contributed by atoms with Gasteiger partial charge in [-0.05, 0) is 41.8 Å². The normalized spacial score (nSPS) is 15.7. The van der Waals surface area contributed by atoms with Gasteiger partial charge in [0.1, 0.15) is 11.0 Å². The van der Waals surface area contributed by atoms with Gasteiger partial charge in [-0.15, -0.1) is 0 Å². The lowest BCUT2D eigenvalue weighted by Gasteiger charge is -2.33. The third kappa shape index (κ3) is 4.00. The Hall–Kier alpha value is -3.56. The second-order valence-corrected chi connectivity index (χ2v) is 9.07. The van der Waals surface area contributed by atoms with Crippen molar-refractivity contribution in [3.8, 4) is 11.3 Å². The molecule has 0 saturated carbocycles. The number of aromatic amines is 2. The molecule has 1 unspecified atom stereocenters. The molecule has 0 bridgehead atoms. The van der Waals surface area contributed by atoms with Crippen LogP contribution in [-0.2, 0) is 11.0 Å². The molecule has 4 aromatic rings. The van der Waals surface area contributed by atoms with Crippen molar-refractivity contribution in [3.05, 3.63) is 82.8 Å². The van der Waals surface area contributed by atoms with Crippen LogP contribution in [0.2, 0.25) is 0 Å². The summed E-state index contributed by atoms with van der Waals surface area (Å²) < 4.78 is 14.9. The Morgan fingerprint density at radius 2 is 1.72 bits per heavy atom. The van der Waals surface area contributed by atoms with Gasteiger partial charge in [0, 0.05) is 55.1 Å². The number of rotatable bonds is 4. The highest BCUT2D eigenvalue weighted by molar-refractivity contribution is 7.82. The third-order valence-electron chi connectivity index (χ3n) is 5.60. The lowest BCUT2D eigenvalue weighted by Crippen LogP contribution is -2.49. The molecule has 5 rings (SSSR count). The first-order valence-corrected chi connectivity index (χ1v) is 11.4. The Balaban J connectivity index is 1.22. The van der Waals surface area contributed by atoms with E-state index in [2.05, 4.69) is 15.2 Å². The van der Waals surface area contributed by atoms with E-state index in [1.807, 2.05) is 46.9 Å². The maximum Gasteiger partial charge on any atom is 0.264 e. The predicted molar refractivity (Wildman–Crippen MR) is 122 cm³/mol. The van der Waals surface area contributed by atoms with Crippen LogP contribution in [0.5, 0.6) is 0 Å². The summed E-state index contributed by atoms with van der Waals surface area (Å²) in [5.74, 6) is -0.0517. The Kier molecular flexibility index (Phi) is 5.42. The van der Waals surface area contributed by atoms with Gasteiger partial charge >= 0.3 is 0 Å². The van der Waals surface area contributed by atoms with Crippen LogP contribution in [0.15, 0.2) is 76.6 Å². The number of hydrogen-bond donors (Lipinski definition) is 2. The van der Waals surface area contributed by atoms with Gasteiger partial charge in [0.2, 0.25) is 0 Å². The van der Waals surface area contributed by atoms with Crippen molar-refractivity contribution in [2.75, 3.05) is 26.2 Å². The Labute approximate surface area is 186 Å². The summed E-state index contributed by atoms with van der Waals surface area (Å²) in [5, 5.41) is 7.50. The number of fused-ring (bicyclic) bond motifs is 1. The molecule has 1 saturated heterocycles. The van der Waals surface area contributed by atoms with Crippen molar-refractivity contribution >= 4 is 27.8 Å². The molecule has 0 radical (unpaired) electrons. The molecule has 1 aliphatic heterocycles. The zero-order valence-corrected chi connectivity index (χ0v) is 18.0. The van der Waals surface area contributed by atoms with Crippen LogP contribution in [0.1, 0.15) is 10.4 Å². The van der Waals surface area contributed by atoms with Crippen molar-refractivity contribution in [1.29, 1.82) is 0 Å². The van der Waals surface area contributed by atoms with E-state index in [1.54, 1.807) is 23.1 Å². The van der Waals surface area contributed by atoms with Crippen LogP contribution in [0, 0.1) is 0 Å². The summed E-state index contributed by atoms with van der Waals surface area (Å²) in [6, 6.07) is 18.0. The number of H-pyrrole nitrogens is 2. The summed E-state index contributed by atoms with van der Waals surface area (Å²) in [5.41, 5.74) is 2.75. The van der Waals surface area contributed by atoms with Gasteiger partial charge < -0.3 is 9.88 Å². The molecule has 0 spiro atoms. The van der Waals surface area contributed by atoms with Crippen molar-refractivity contribution in [2.24, 2.45) is 0 Å². The number of carbonyl (C=O) groups is 1. The first-order valence-electron chi connectivity index (χ1n) is 10.3. The Bertz CT molecular complexity index is 1330. The average molecular weight is 448 g/mol. The molecule has 3 heterocycles. The monoisotopic (exact) mass is 447 g/mol. The third-order valence-corrected chi connectivity index (χ3v) is 7.09. The quantitative estimate of drug-likeness (QED) is 0.502. The zero-order chi connectivity index (χ0) is 22.1. The topological polar surface area (TPSA) is 102 Å². The molecule has 1 aliphatic rings. The molecule has 8 nitrogen and oxygen atoms in total. The van der Waals surface area contributed by atoms with E-state index in [1.165, 1.54) is 6.07 Å². The number of carbonyl (C=O) groups excluding carboxylic acids is 1. The van der Waals surface area contributed by atoms with Gasteiger partial charge in [-0.25, -0.2) is 13.6 Å². The second kappa shape index (κ2) is 8.52. The second-order valence-electron chi connectivity index (χ2n) is 7.58. The first-order chi connectivity index (χ1) is 15.6. The zero-order valence-electron chi connectivity index (χ0n) is 17.2. The number of piperazine rings is 1. The van der Waals surface area contributed by atoms with E-state index >= 15 is 0 Å². The molecule has 9 heteroatoms. The maximum atomic E-state index is 13.0. The number of hydrogen-bond acceptors (Lipinski definition) is 4. The number of nitrogens with one attached hydrogen (secondary N) is 2. The molecule has 2 aromatic carbocycles. The van der Waals surface area contributed by atoms with Crippen molar-refractivity contribution < 1.29 is 9.00 Å². The van der Waals surface area contributed by atoms with E-state index < -0.39 is 11.0 Å². The number of benzene rings is 2. The fourth-order valence-corrected chi connectivity index (χ4v) is 5.01. The molecule has 162 valence electrons. The fraction of sp³-hybridized carbons (Fsp3) is 0.174. The van der Waals surface area contributed by atoms with E-state index in [4.69, 9.17) is 0 Å². The average Bonchev–Trinajstić information content (AvgIpc) is 3.32. The van der Waals surface area contributed by atoms with Gasteiger partial charge in [0.15, 0.2) is 0 Å². The van der Waals surface area contributed by atoms with Crippen LogP contribution >= 0.6 is 0 Å². The van der Waals surface area contributed by atoms with Gasteiger partial charge in [-0.1, -0.05) is 18.2 Å². The standard InChI is InChI=1S/C23H21N5O3S/c29-22-8-7-20(25-26-22)16-1-3-18(4-2-16)23(30)27-11-13-28(14-12-27)32(31)19-6-5-17-9-10-24-21(17)15-19/h1-10,15,24H,11-14H2,(H,26,29). The summed E-state index contributed by atoms with van der Waals surface area (Å²) in [4.78, 5) is 29.8. The summed E-state index contributed by atoms with van der Waals surface area (Å²) in [6.07, 6.45) is 1.87. The SMILES string of the molecule is O=C(c1ccc(-c2ccc(=O)[nH]n2)cc1)N1CCN(S(=O)c2ccc3cc[nH]c3c2)CC1. The van der Waals surface area contributed by atoms with Gasteiger partial charge in [0.05, 0.1) is 10.6 Å². The lowest BCUT2D eigenvalue weighted by molar-refractivity contribution is 0.0701. The maximum absolute atomic E-state index is 13.0. The predicted octanol–water partition coefficient (Wildman–Crippen LogP) is 2.40. The van der Waals surface area contributed by atoms with Crippen molar-refractivity contribution in [1.82, 2.24) is 24.4 Å². The molecule has 2 N–H and O–H groups in total. The summed E-state index contributed by atoms with van der Waals surface area (Å²) in [6.45, 7) is 2.11. The molecule has 2 aromatic heterocycles. The Morgan fingerprint density at radius 3 is 2.44 bits per heavy atom. The van der Waals surface area contributed by atoms with Crippen LogP contribution < -0.4 is 5.56 Å². The first kappa shape index (κ1) is 20.3. The van der Waals surface area contributed by atoms with Crippen LogP contribution in [0.25, 0.3) is 22.2 Å². The largest absolute Gasteiger partial charge is 0.361 e. The minimum absolute atomic E-state index is 0.0517. The molecule has 32 heavy (non-hydrogen) atoms. The number of amides is 1. The molecule has 1 fully saturated rings. The smallest absolute Gasteiger partial charge is 0.264 e. The molecule has 1 atom stereocenters. The number of aromatic nitrogens is 3. The molecular formula is C23H21N5O3S. The van der Waals surface area contributed by atoms with Gasteiger partial charge in [-0.2, -0.15) is 5.10 Å². The molecular weight excluding hydrogens is 426 g/mol. The van der Waals surface area contributed by atoms with Crippen molar-refractivity contribution in [3.63, 3.8) is 0 Å². The summed E-state index contributed by atoms with van der Waals surface area (Å²) >= 11 is 0. The van der Waals surface area contributed by atoms with E-state index in [0.29, 0.717) is 37.4 Å². The van der Waals surface area contributed by atoms with E-state index in [-0.39, 0.29) is 11.5 Å². The number of nitrogens with zero attached hydrogens (tertiary/aromatic N) is 3. The van der Waals surface area contributed by atoms with Crippen LogP contribution in [0.4, 0.5) is 0 Å². The molecule has 0 aliphatic carbocycles. The Morgan fingerprint density at radius 1 is 0.938 bits per heavy atom. The lowest BCUT2D eigenvalue weighted by atomic mass is 10.1. The van der Waals surface area contributed by atoms with Crippen LogP contribution in [0.3, 0.4) is 0 Å². The van der Waals surface area contributed by atoms with Crippen LogP contribution in [-0.4, -0.2) is 60.7 Å². The highest BCUT2D eigenvalue weighted by Crippen LogP contribution is 2.21. The minimum atomic E-state index is -1.27. The van der Waals surface area contributed by atoms with E-state index in [0.717, 1.165) is 21.4 Å². The highest BCUT2D eigenvalue weighted by atomic mass is 32.2. The van der Waals surface area contributed by atoms with Gasteiger partial charge in [-0.3, -0.25) is 9.59 Å². The molecule has 1 amide bonds. The van der Waals surface area contributed by atoms with E-state index in [9.17, 15) is 13.8 Å². The summed E-state index contributed by atoms with van der Waals surface area (Å²) in [7, 11) is -1.27. The minimum Gasteiger partial charge on any atom is -0.361 e. The van der Waals surface area contributed by atoms with Gasteiger partial charge in [0.25, 0.3) is 11.5 Å². The fourth-order valence-electron chi connectivity index (χ4n) is 3.81.